The van der Waals surface area contributed by atoms with Crippen molar-refractivity contribution < 1.29 is 9.30 Å². The lowest BCUT2D eigenvalue weighted by Crippen LogP contribution is -2.50. The summed E-state index contributed by atoms with van der Waals surface area (Å²) in [6.07, 6.45) is 11.4. The van der Waals surface area contributed by atoms with Gasteiger partial charge in [-0.3, -0.25) is 19.5 Å². The summed E-state index contributed by atoms with van der Waals surface area (Å²) in [4.78, 5) is 23.3. The van der Waals surface area contributed by atoms with Crippen molar-refractivity contribution in [3.05, 3.63) is 59.7 Å². The van der Waals surface area contributed by atoms with Crippen molar-refractivity contribution in [1.29, 1.82) is 0 Å². The summed E-state index contributed by atoms with van der Waals surface area (Å²) in [5.41, 5.74) is 6.19. The van der Waals surface area contributed by atoms with E-state index in [9.17, 15) is 4.57 Å². The number of ether oxygens (including phenoxy) is 1. The number of benzene rings is 2. The zero-order chi connectivity index (χ0) is 32.9. The van der Waals surface area contributed by atoms with Crippen LogP contribution in [0.3, 0.4) is 0 Å². The topological polar surface area (TPSA) is 126 Å². The summed E-state index contributed by atoms with van der Waals surface area (Å²) >= 11 is 3.59. The number of methoxy groups -OCH3 is 1. The molecule has 244 valence electrons. The highest BCUT2D eigenvalue weighted by molar-refractivity contribution is 9.10. The van der Waals surface area contributed by atoms with Crippen molar-refractivity contribution in [1.82, 2.24) is 34.6 Å². The molecule has 7 rings (SSSR count). The van der Waals surface area contributed by atoms with Gasteiger partial charge in [-0.2, -0.15) is 10.1 Å². The number of fused-ring (bicyclic) bond motifs is 1. The van der Waals surface area contributed by atoms with Crippen LogP contribution in [0.15, 0.2) is 59.7 Å². The van der Waals surface area contributed by atoms with Crippen LogP contribution in [0, 0.1) is 0 Å². The van der Waals surface area contributed by atoms with Gasteiger partial charge in [0.1, 0.15) is 24.2 Å². The van der Waals surface area contributed by atoms with Crippen LogP contribution in [0.4, 0.5) is 28.8 Å². The fourth-order valence-corrected chi connectivity index (χ4v) is 7.99. The minimum absolute atomic E-state index is 0.364. The lowest BCUT2D eigenvalue weighted by Gasteiger charge is -2.40. The number of hydrogen-bond donors (Lipinski definition) is 2. The maximum atomic E-state index is 13.5. The third kappa shape index (κ3) is 6.31. The van der Waals surface area contributed by atoms with Gasteiger partial charge in [-0.05, 0) is 67.2 Å². The lowest BCUT2D eigenvalue weighted by atomic mass is 10.0. The number of halogens is 1. The Hall–Kier alpha value is -4.06. The van der Waals surface area contributed by atoms with Gasteiger partial charge in [-0.25, -0.2) is 4.98 Å². The normalized spacial score (nSPS) is 16.3. The average molecular weight is 718 g/mol. The van der Waals surface area contributed by atoms with Gasteiger partial charge in [-0.15, -0.1) is 0 Å². The van der Waals surface area contributed by atoms with E-state index in [-0.39, 0.29) is 0 Å². The molecule has 1 aliphatic heterocycles. The number of rotatable bonds is 9. The lowest BCUT2D eigenvalue weighted by molar-refractivity contribution is 0.180. The Morgan fingerprint density at radius 1 is 0.979 bits per heavy atom. The van der Waals surface area contributed by atoms with Gasteiger partial charge in [0.15, 0.2) is 0 Å². The monoisotopic (exact) mass is 716 g/mol. The second-order valence-electron chi connectivity index (χ2n) is 12.8. The van der Waals surface area contributed by atoms with Gasteiger partial charge in [0.2, 0.25) is 5.95 Å². The zero-order valence-corrected chi connectivity index (χ0v) is 29.6. The van der Waals surface area contributed by atoms with Gasteiger partial charge in [0.25, 0.3) is 0 Å². The van der Waals surface area contributed by atoms with Crippen LogP contribution in [-0.4, -0.2) is 86.8 Å². The Labute approximate surface area is 282 Å². The molecule has 5 aromatic rings. The number of hydrogen-bond acceptors (Lipinski definition) is 11. The van der Waals surface area contributed by atoms with Crippen molar-refractivity contribution in [2.75, 3.05) is 62.2 Å². The molecule has 0 atom stereocenters. The van der Waals surface area contributed by atoms with Crippen LogP contribution in [0.5, 0.6) is 5.75 Å². The molecule has 2 aliphatic rings. The molecular weight excluding hydrogens is 679 g/mol. The number of aromatic nitrogens is 6. The van der Waals surface area contributed by atoms with Crippen LogP contribution >= 0.6 is 23.1 Å². The maximum Gasteiger partial charge on any atom is 0.229 e. The average Bonchev–Trinajstić information content (AvgIpc) is 3.67. The van der Waals surface area contributed by atoms with E-state index in [1.54, 1.807) is 39.0 Å². The SMILES string of the molecule is COc1cc(N2CCN(C3(C)CC3)CC2)c(-c2cnn(C)c2)cc1Nc1ncc(Br)c(Nc2ccc3nccnc3c2P(C)(C)=O)n1. The van der Waals surface area contributed by atoms with Crippen molar-refractivity contribution in [3.8, 4) is 16.9 Å². The smallest absolute Gasteiger partial charge is 0.229 e. The van der Waals surface area contributed by atoms with Crippen LogP contribution in [0.2, 0.25) is 0 Å². The summed E-state index contributed by atoms with van der Waals surface area (Å²) in [6.45, 7) is 9.78. The molecule has 4 heterocycles. The summed E-state index contributed by atoms with van der Waals surface area (Å²) in [5, 5.41) is 11.9. The summed E-state index contributed by atoms with van der Waals surface area (Å²) < 4.78 is 21.9. The number of nitrogens with zero attached hydrogens (tertiary/aromatic N) is 8. The van der Waals surface area contributed by atoms with Gasteiger partial charge >= 0.3 is 0 Å². The number of aryl methyl sites for hydroxylation is 1. The molecule has 2 fully saturated rings. The molecule has 0 spiro atoms. The fraction of sp³-hybridized carbons (Fsp3) is 0.364. The van der Waals surface area contributed by atoms with Crippen molar-refractivity contribution in [2.45, 2.75) is 25.3 Å². The Kier molecular flexibility index (Phi) is 8.18. The quantitative estimate of drug-likeness (QED) is 0.175. The highest BCUT2D eigenvalue weighted by Gasteiger charge is 2.44. The van der Waals surface area contributed by atoms with E-state index in [1.165, 1.54) is 12.8 Å². The van der Waals surface area contributed by atoms with Crippen LogP contribution < -0.4 is 25.6 Å². The number of nitrogens with one attached hydrogen (secondary N) is 2. The van der Waals surface area contributed by atoms with Crippen LogP contribution in [0.1, 0.15) is 19.8 Å². The molecule has 3 aromatic heterocycles. The minimum atomic E-state index is -2.76. The Balaban J connectivity index is 1.22. The summed E-state index contributed by atoms with van der Waals surface area (Å²) in [7, 11) is 0.841. The molecule has 14 heteroatoms. The van der Waals surface area contributed by atoms with Crippen LogP contribution in [-0.2, 0) is 11.6 Å². The highest BCUT2D eigenvalue weighted by atomic mass is 79.9. The molecule has 12 nitrogen and oxygen atoms in total. The predicted molar refractivity (Wildman–Crippen MR) is 192 cm³/mol. The molecule has 0 radical (unpaired) electrons. The summed E-state index contributed by atoms with van der Waals surface area (Å²) in [6, 6.07) is 7.90. The van der Waals surface area contributed by atoms with Crippen molar-refractivity contribution in [3.63, 3.8) is 0 Å². The van der Waals surface area contributed by atoms with E-state index in [2.05, 4.69) is 75.5 Å². The summed E-state index contributed by atoms with van der Waals surface area (Å²) in [5.74, 6) is 1.55. The Morgan fingerprint density at radius 2 is 1.74 bits per heavy atom. The minimum Gasteiger partial charge on any atom is -0.494 e. The van der Waals surface area contributed by atoms with Crippen molar-refractivity contribution in [2.24, 2.45) is 7.05 Å². The van der Waals surface area contributed by atoms with Gasteiger partial charge in [0.05, 0.1) is 40.0 Å². The van der Waals surface area contributed by atoms with Gasteiger partial charge < -0.3 is 24.8 Å². The first-order chi connectivity index (χ1) is 22.5. The molecular formula is C33H38BrN10O2P. The standard InChI is InChI=1S/C33H38BrN10O2P/c1-33(8-9-33)44-14-12-43(13-15-44)27-17-28(46-3)26(16-22(27)21-18-38-42(2)20-21)40-32-37-19-23(34)31(41-32)39-25-7-6-24-29(36-11-10-35-24)30(25)47(4,5)45/h6-7,10-11,16-20H,8-9,12-15H2,1-5H3,(H2,37,39,40,41). The fourth-order valence-electron chi connectivity index (χ4n) is 6.30. The highest BCUT2D eigenvalue weighted by Crippen LogP contribution is 2.44. The first kappa shape index (κ1) is 31.5. The molecule has 47 heavy (non-hydrogen) atoms. The largest absolute Gasteiger partial charge is 0.494 e. The first-order valence-corrected chi connectivity index (χ1v) is 19.0. The molecule has 0 bridgehead atoms. The van der Waals surface area contributed by atoms with E-state index in [0.29, 0.717) is 49.6 Å². The Morgan fingerprint density at radius 3 is 2.43 bits per heavy atom. The molecule has 1 saturated heterocycles. The van der Waals surface area contributed by atoms with Crippen LogP contribution in [0.25, 0.3) is 22.2 Å². The number of piperazine rings is 1. The van der Waals surface area contributed by atoms with E-state index >= 15 is 0 Å². The maximum absolute atomic E-state index is 13.5. The van der Waals surface area contributed by atoms with E-state index in [0.717, 1.165) is 48.7 Å². The van der Waals surface area contributed by atoms with E-state index in [4.69, 9.17) is 9.72 Å². The second kappa shape index (κ2) is 12.2. The van der Waals surface area contributed by atoms with Gasteiger partial charge in [0, 0.05) is 86.4 Å². The molecule has 0 amide bonds. The molecule has 2 aromatic carbocycles. The second-order valence-corrected chi connectivity index (χ2v) is 16.8. The third-order valence-electron chi connectivity index (χ3n) is 9.09. The molecule has 1 aliphatic carbocycles. The zero-order valence-electron chi connectivity index (χ0n) is 27.2. The van der Waals surface area contributed by atoms with Gasteiger partial charge in [-0.1, -0.05) is 0 Å². The first-order valence-electron chi connectivity index (χ1n) is 15.6. The van der Waals surface area contributed by atoms with E-state index < -0.39 is 7.14 Å². The van der Waals surface area contributed by atoms with E-state index in [1.807, 2.05) is 36.3 Å². The third-order valence-corrected chi connectivity index (χ3v) is 11.2. The predicted octanol–water partition coefficient (Wildman–Crippen LogP) is 6.00. The van der Waals surface area contributed by atoms with Crippen molar-refractivity contribution >= 4 is 68.2 Å². The number of anilines is 5. The molecule has 1 saturated carbocycles. The molecule has 2 N–H and O–H groups in total. The Bertz CT molecular complexity index is 2020. The molecule has 0 unspecified atom stereocenters.